The molecule has 0 bridgehead atoms. The van der Waals surface area contributed by atoms with Crippen molar-refractivity contribution >= 4 is 16.1 Å². The third-order valence-corrected chi connectivity index (χ3v) is 5.43. The Hall–Kier alpha value is -1.54. The van der Waals surface area contributed by atoms with E-state index in [0.29, 0.717) is 0 Å². The lowest BCUT2D eigenvalue weighted by Crippen LogP contribution is -2.44. The third-order valence-electron chi connectivity index (χ3n) is 3.77. The van der Waals surface area contributed by atoms with Gasteiger partial charge in [-0.3, -0.25) is 4.79 Å². The van der Waals surface area contributed by atoms with E-state index >= 15 is 0 Å². The zero-order chi connectivity index (χ0) is 16.5. The molecule has 0 aromatic heterocycles. The average molecular weight is 332 g/mol. The van der Waals surface area contributed by atoms with Crippen molar-refractivity contribution in [2.75, 3.05) is 13.1 Å². The normalized spacial score (nSPS) is 21.0. The topological polar surface area (TPSA) is 66.5 Å². The van der Waals surface area contributed by atoms with Crippen molar-refractivity contribution in [1.82, 2.24) is 9.03 Å². The Balaban J connectivity index is 2.08. The molecule has 0 spiro atoms. The minimum absolute atomic E-state index is 0.150. The van der Waals surface area contributed by atoms with Gasteiger partial charge in [0.15, 0.2) is 0 Å². The van der Waals surface area contributed by atoms with Gasteiger partial charge in [0, 0.05) is 30.5 Å². The van der Waals surface area contributed by atoms with Crippen molar-refractivity contribution in [1.29, 1.82) is 0 Å². The van der Waals surface area contributed by atoms with E-state index in [1.807, 2.05) is 4.72 Å². The van der Waals surface area contributed by atoms with Crippen LogP contribution < -0.4 is 4.72 Å². The predicted octanol–water partition coefficient (Wildman–Crippen LogP) is 1.77. The first-order chi connectivity index (χ1) is 10.3. The minimum atomic E-state index is -3.91. The van der Waals surface area contributed by atoms with E-state index in [4.69, 9.17) is 0 Å². The first kappa shape index (κ1) is 16.8. The Morgan fingerprint density at radius 1 is 1.27 bits per heavy atom. The van der Waals surface area contributed by atoms with Gasteiger partial charge in [-0.15, -0.1) is 0 Å². The van der Waals surface area contributed by atoms with Gasteiger partial charge in [0.25, 0.3) is 0 Å². The number of rotatable bonds is 6. The highest BCUT2D eigenvalue weighted by atomic mass is 32.2. The number of hydrogen-bond donors (Lipinski definition) is 1. The quantitative estimate of drug-likeness (QED) is 0.863. The standard InChI is InChI=1S/C14H18F2N2O3S/c1-3-18(4-2)22(20,21)17-14(19)10-8-9(10)13-11(15)6-5-7-12(13)16/h5-7,9-10H,3-4,8H2,1-2H3,(H,17,19)/t9-,10+/m0/s1. The molecule has 2 rings (SSSR count). The number of hydrogen-bond acceptors (Lipinski definition) is 3. The lowest BCUT2D eigenvalue weighted by molar-refractivity contribution is -0.120. The molecule has 1 aromatic rings. The summed E-state index contributed by atoms with van der Waals surface area (Å²) in [6.07, 6.45) is 0.234. The van der Waals surface area contributed by atoms with Crippen LogP contribution in [0.5, 0.6) is 0 Å². The minimum Gasteiger partial charge on any atom is -0.274 e. The van der Waals surface area contributed by atoms with Crippen molar-refractivity contribution < 1.29 is 22.0 Å². The summed E-state index contributed by atoms with van der Waals surface area (Å²) in [5, 5.41) is 0. The Labute approximate surface area is 128 Å². The zero-order valence-electron chi connectivity index (χ0n) is 12.3. The van der Waals surface area contributed by atoms with Crippen molar-refractivity contribution in [2.45, 2.75) is 26.2 Å². The molecule has 22 heavy (non-hydrogen) atoms. The van der Waals surface area contributed by atoms with Crippen molar-refractivity contribution in [3.8, 4) is 0 Å². The zero-order valence-corrected chi connectivity index (χ0v) is 13.2. The Morgan fingerprint density at radius 3 is 2.32 bits per heavy atom. The van der Waals surface area contributed by atoms with Gasteiger partial charge in [-0.05, 0) is 18.6 Å². The molecule has 0 aliphatic heterocycles. The Kier molecular flexibility index (Phi) is 4.81. The molecule has 1 N–H and O–H groups in total. The van der Waals surface area contributed by atoms with Gasteiger partial charge in [-0.2, -0.15) is 12.7 Å². The molecule has 1 amide bonds. The van der Waals surface area contributed by atoms with E-state index in [2.05, 4.69) is 0 Å². The van der Waals surface area contributed by atoms with Gasteiger partial charge in [-0.25, -0.2) is 13.5 Å². The molecular formula is C14H18F2N2O3S. The molecule has 2 atom stereocenters. The highest BCUT2D eigenvalue weighted by Gasteiger charge is 2.47. The Bertz CT molecular complexity index is 654. The molecule has 1 aliphatic rings. The summed E-state index contributed by atoms with van der Waals surface area (Å²) in [7, 11) is -3.91. The van der Waals surface area contributed by atoms with Crippen molar-refractivity contribution in [2.24, 2.45) is 5.92 Å². The average Bonchev–Trinajstić information content (AvgIpc) is 3.19. The molecule has 1 aromatic carbocycles. The van der Waals surface area contributed by atoms with Gasteiger partial charge < -0.3 is 0 Å². The molecule has 1 fully saturated rings. The van der Waals surface area contributed by atoms with Crippen LogP contribution in [-0.4, -0.2) is 31.7 Å². The molecule has 0 heterocycles. The van der Waals surface area contributed by atoms with Gasteiger partial charge >= 0.3 is 10.2 Å². The number of amides is 1. The first-order valence-electron chi connectivity index (χ1n) is 7.07. The number of carbonyl (C=O) groups excluding carboxylic acids is 1. The number of nitrogens with one attached hydrogen (secondary N) is 1. The number of halogens is 2. The molecule has 0 saturated heterocycles. The summed E-state index contributed by atoms with van der Waals surface area (Å²) in [5.41, 5.74) is -0.150. The molecule has 122 valence electrons. The second kappa shape index (κ2) is 6.29. The van der Waals surface area contributed by atoms with Crippen LogP contribution in [-0.2, 0) is 15.0 Å². The summed E-state index contributed by atoms with van der Waals surface area (Å²) in [5.74, 6) is -3.50. The maximum absolute atomic E-state index is 13.7. The highest BCUT2D eigenvalue weighted by molar-refractivity contribution is 7.87. The fourth-order valence-electron chi connectivity index (χ4n) is 2.50. The first-order valence-corrected chi connectivity index (χ1v) is 8.51. The summed E-state index contributed by atoms with van der Waals surface area (Å²) < 4.78 is 54.3. The summed E-state index contributed by atoms with van der Waals surface area (Å²) >= 11 is 0. The van der Waals surface area contributed by atoms with Crippen molar-refractivity contribution in [3.63, 3.8) is 0 Å². The van der Waals surface area contributed by atoms with Gasteiger partial charge in [0.2, 0.25) is 5.91 Å². The van der Waals surface area contributed by atoms with Crippen LogP contribution in [0.4, 0.5) is 8.78 Å². The van der Waals surface area contributed by atoms with Gasteiger partial charge in [-0.1, -0.05) is 19.9 Å². The van der Waals surface area contributed by atoms with E-state index in [1.54, 1.807) is 13.8 Å². The molecular weight excluding hydrogens is 314 g/mol. The predicted molar refractivity (Wildman–Crippen MR) is 77.2 cm³/mol. The Morgan fingerprint density at radius 2 is 1.82 bits per heavy atom. The molecule has 0 radical (unpaired) electrons. The van der Waals surface area contributed by atoms with E-state index in [9.17, 15) is 22.0 Å². The van der Waals surface area contributed by atoms with Crippen LogP contribution in [0, 0.1) is 17.6 Å². The van der Waals surface area contributed by atoms with Crippen LogP contribution in [0.15, 0.2) is 18.2 Å². The summed E-state index contributed by atoms with van der Waals surface area (Å²) in [6, 6.07) is 3.49. The molecule has 0 unspecified atom stereocenters. The summed E-state index contributed by atoms with van der Waals surface area (Å²) in [6.45, 7) is 3.77. The SMILES string of the molecule is CCN(CC)S(=O)(=O)NC(=O)[C@@H]1C[C@@H]1c1c(F)cccc1F. The van der Waals surface area contributed by atoms with Crippen LogP contribution in [0.2, 0.25) is 0 Å². The van der Waals surface area contributed by atoms with E-state index in [0.717, 1.165) is 16.4 Å². The monoisotopic (exact) mass is 332 g/mol. The highest BCUT2D eigenvalue weighted by Crippen LogP contribution is 2.49. The smallest absolute Gasteiger partial charge is 0.274 e. The fourth-order valence-corrected chi connectivity index (χ4v) is 3.71. The summed E-state index contributed by atoms with van der Waals surface area (Å²) in [4.78, 5) is 12.0. The van der Waals surface area contributed by atoms with Gasteiger partial charge in [0.1, 0.15) is 11.6 Å². The van der Waals surface area contributed by atoms with Crippen molar-refractivity contribution in [3.05, 3.63) is 35.4 Å². The van der Waals surface area contributed by atoms with Gasteiger partial charge in [0.05, 0.1) is 0 Å². The number of benzene rings is 1. The maximum Gasteiger partial charge on any atom is 0.303 e. The number of carbonyl (C=O) groups is 1. The second-order valence-corrected chi connectivity index (χ2v) is 6.81. The van der Waals surface area contributed by atoms with Crippen LogP contribution in [0.25, 0.3) is 0 Å². The molecule has 1 aliphatic carbocycles. The molecule has 8 heteroatoms. The lowest BCUT2D eigenvalue weighted by Gasteiger charge is -2.18. The number of nitrogens with zero attached hydrogens (tertiary/aromatic N) is 1. The molecule has 5 nitrogen and oxygen atoms in total. The maximum atomic E-state index is 13.7. The van der Waals surface area contributed by atoms with E-state index in [-0.39, 0.29) is 25.1 Å². The fraction of sp³-hybridized carbons (Fsp3) is 0.500. The second-order valence-electron chi connectivity index (χ2n) is 5.14. The third kappa shape index (κ3) is 3.27. The van der Waals surface area contributed by atoms with Crippen LogP contribution in [0.3, 0.4) is 0 Å². The molecule has 1 saturated carbocycles. The van der Waals surface area contributed by atoms with Crippen LogP contribution >= 0.6 is 0 Å². The van der Waals surface area contributed by atoms with E-state index in [1.165, 1.54) is 6.07 Å². The van der Waals surface area contributed by atoms with Crippen LogP contribution in [0.1, 0.15) is 31.7 Å². The van der Waals surface area contributed by atoms with E-state index < -0.39 is 39.6 Å². The lowest BCUT2D eigenvalue weighted by atomic mass is 10.1. The largest absolute Gasteiger partial charge is 0.303 e.